The second-order valence-electron chi connectivity index (χ2n) is 4.73. The summed E-state index contributed by atoms with van der Waals surface area (Å²) in [5.41, 5.74) is 7.19. The Morgan fingerprint density at radius 2 is 1.90 bits per heavy atom. The molecule has 1 unspecified atom stereocenters. The van der Waals surface area contributed by atoms with Gasteiger partial charge in [-0.2, -0.15) is 0 Å². The largest absolute Gasteiger partial charge is 0.369 e. The third-order valence-corrected chi connectivity index (χ3v) is 3.86. The van der Waals surface area contributed by atoms with Crippen molar-refractivity contribution in [3.05, 3.63) is 63.9 Å². The maximum atomic E-state index is 14.1. The van der Waals surface area contributed by atoms with Crippen LogP contribution in [0.1, 0.15) is 11.6 Å². The molecule has 21 heavy (non-hydrogen) atoms. The van der Waals surface area contributed by atoms with Crippen molar-refractivity contribution in [2.45, 2.75) is 6.04 Å². The topological polar surface area (TPSA) is 41.6 Å². The Balaban J connectivity index is 2.05. The van der Waals surface area contributed by atoms with Crippen LogP contribution >= 0.6 is 23.2 Å². The molecule has 2 aromatic carbocycles. The molecule has 6 heteroatoms. The molecule has 3 rings (SSSR count). The summed E-state index contributed by atoms with van der Waals surface area (Å²) in [7, 11) is 0. The van der Waals surface area contributed by atoms with Gasteiger partial charge in [0.1, 0.15) is 5.82 Å². The summed E-state index contributed by atoms with van der Waals surface area (Å²) in [6.07, 6.45) is 0. The zero-order valence-corrected chi connectivity index (χ0v) is 12.4. The van der Waals surface area contributed by atoms with E-state index in [-0.39, 0.29) is 11.9 Å². The molecule has 2 N–H and O–H groups in total. The number of hydrogen-bond acceptors (Lipinski definition) is 3. The Kier molecular flexibility index (Phi) is 3.74. The van der Waals surface area contributed by atoms with Gasteiger partial charge in [0.25, 0.3) is 0 Å². The molecular formula is C15H12Cl2FN3. The van der Waals surface area contributed by atoms with Crippen molar-refractivity contribution in [1.29, 1.82) is 0 Å². The Bertz CT molecular complexity index is 718. The molecule has 0 bridgehead atoms. The van der Waals surface area contributed by atoms with Crippen molar-refractivity contribution in [2.75, 3.05) is 11.4 Å². The first-order valence-corrected chi connectivity index (χ1v) is 7.11. The van der Waals surface area contributed by atoms with Crippen molar-refractivity contribution in [3.63, 3.8) is 0 Å². The number of anilines is 1. The minimum Gasteiger partial charge on any atom is -0.369 e. The fourth-order valence-corrected chi connectivity index (χ4v) is 2.81. The van der Waals surface area contributed by atoms with Gasteiger partial charge in [-0.1, -0.05) is 29.3 Å². The summed E-state index contributed by atoms with van der Waals surface area (Å²) in [6.45, 7) is 0.371. The molecule has 0 aliphatic carbocycles. The Morgan fingerprint density at radius 1 is 1.14 bits per heavy atom. The highest BCUT2D eigenvalue weighted by atomic mass is 35.5. The summed E-state index contributed by atoms with van der Waals surface area (Å²) in [5.74, 6) is 0.00275. The first kappa shape index (κ1) is 14.2. The van der Waals surface area contributed by atoms with Gasteiger partial charge < -0.3 is 10.6 Å². The van der Waals surface area contributed by atoms with Crippen LogP contribution in [0.5, 0.6) is 0 Å². The molecule has 0 amide bonds. The number of benzene rings is 2. The van der Waals surface area contributed by atoms with Crippen LogP contribution in [0.25, 0.3) is 0 Å². The lowest BCUT2D eigenvalue weighted by molar-refractivity contribution is 0.589. The molecule has 1 aliphatic heterocycles. The lowest BCUT2D eigenvalue weighted by Crippen LogP contribution is -2.36. The van der Waals surface area contributed by atoms with E-state index in [1.807, 2.05) is 12.1 Å². The SMILES string of the molecule is NC1=NCC(c2cc(Cl)ccc2F)N1c1cccc(Cl)c1. The van der Waals surface area contributed by atoms with Gasteiger partial charge in [0, 0.05) is 21.3 Å². The van der Waals surface area contributed by atoms with Gasteiger partial charge in [0.15, 0.2) is 5.96 Å². The standard InChI is InChI=1S/C15H12Cl2FN3/c16-9-2-1-3-11(6-9)21-14(8-20-15(21)19)12-7-10(17)4-5-13(12)18/h1-7,14H,8H2,(H2,19,20). The molecule has 0 fully saturated rings. The van der Waals surface area contributed by atoms with E-state index in [0.717, 1.165) is 5.69 Å². The molecule has 108 valence electrons. The van der Waals surface area contributed by atoms with Gasteiger partial charge in [0.2, 0.25) is 0 Å². The van der Waals surface area contributed by atoms with E-state index in [0.29, 0.717) is 28.1 Å². The maximum Gasteiger partial charge on any atom is 0.196 e. The molecule has 1 heterocycles. The number of hydrogen-bond donors (Lipinski definition) is 1. The van der Waals surface area contributed by atoms with Gasteiger partial charge in [-0.3, -0.25) is 4.99 Å². The predicted octanol–water partition coefficient (Wildman–Crippen LogP) is 4.01. The van der Waals surface area contributed by atoms with Crippen LogP contribution in [0.2, 0.25) is 10.0 Å². The monoisotopic (exact) mass is 323 g/mol. The van der Waals surface area contributed by atoms with Crippen LogP contribution < -0.4 is 10.6 Å². The number of nitrogens with zero attached hydrogens (tertiary/aromatic N) is 2. The van der Waals surface area contributed by atoms with Crippen LogP contribution in [0, 0.1) is 5.82 Å². The number of halogens is 3. The minimum atomic E-state index is -0.332. The van der Waals surface area contributed by atoms with E-state index < -0.39 is 0 Å². The average molecular weight is 324 g/mol. The molecule has 0 aromatic heterocycles. The number of aliphatic imine (C=N–C) groups is 1. The zero-order chi connectivity index (χ0) is 15.0. The Morgan fingerprint density at radius 3 is 2.67 bits per heavy atom. The van der Waals surface area contributed by atoms with E-state index in [9.17, 15) is 4.39 Å². The molecule has 0 spiro atoms. The smallest absolute Gasteiger partial charge is 0.196 e. The van der Waals surface area contributed by atoms with Gasteiger partial charge in [-0.05, 0) is 36.4 Å². The van der Waals surface area contributed by atoms with Crippen LogP contribution in [-0.4, -0.2) is 12.5 Å². The molecule has 1 atom stereocenters. The number of nitrogens with two attached hydrogens (primary N) is 1. The third kappa shape index (κ3) is 2.69. The second kappa shape index (κ2) is 5.54. The van der Waals surface area contributed by atoms with E-state index >= 15 is 0 Å². The van der Waals surface area contributed by atoms with E-state index in [2.05, 4.69) is 4.99 Å². The van der Waals surface area contributed by atoms with Crippen LogP contribution in [0.15, 0.2) is 47.5 Å². The van der Waals surface area contributed by atoms with Gasteiger partial charge in [-0.15, -0.1) is 0 Å². The van der Waals surface area contributed by atoms with Crippen molar-refractivity contribution >= 4 is 34.8 Å². The molecule has 3 nitrogen and oxygen atoms in total. The van der Waals surface area contributed by atoms with Crippen LogP contribution in [0.3, 0.4) is 0 Å². The summed E-state index contributed by atoms with van der Waals surface area (Å²) in [4.78, 5) is 5.98. The van der Waals surface area contributed by atoms with Gasteiger partial charge >= 0.3 is 0 Å². The summed E-state index contributed by atoms with van der Waals surface area (Å²) in [5, 5.41) is 1.06. The highest BCUT2D eigenvalue weighted by Gasteiger charge is 2.31. The molecule has 1 aliphatic rings. The van der Waals surface area contributed by atoms with Crippen LogP contribution in [0.4, 0.5) is 10.1 Å². The molecule has 0 saturated heterocycles. The van der Waals surface area contributed by atoms with Gasteiger partial charge in [-0.25, -0.2) is 4.39 Å². The van der Waals surface area contributed by atoms with Crippen molar-refractivity contribution < 1.29 is 4.39 Å². The predicted molar refractivity (Wildman–Crippen MR) is 84.6 cm³/mol. The lowest BCUT2D eigenvalue weighted by Gasteiger charge is -2.27. The molecule has 0 radical (unpaired) electrons. The second-order valence-corrected chi connectivity index (χ2v) is 5.60. The first-order chi connectivity index (χ1) is 10.1. The summed E-state index contributed by atoms with van der Waals surface area (Å²) in [6, 6.07) is 11.3. The van der Waals surface area contributed by atoms with Crippen molar-refractivity contribution in [1.82, 2.24) is 0 Å². The number of guanidine groups is 1. The minimum absolute atomic E-state index is 0.331. The Labute approximate surface area is 131 Å². The first-order valence-electron chi connectivity index (χ1n) is 6.36. The summed E-state index contributed by atoms with van der Waals surface area (Å²) < 4.78 is 14.1. The fraction of sp³-hybridized carbons (Fsp3) is 0.133. The maximum absolute atomic E-state index is 14.1. The van der Waals surface area contributed by atoms with E-state index in [4.69, 9.17) is 28.9 Å². The zero-order valence-electron chi connectivity index (χ0n) is 10.9. The average Bonchev–Trinajstić information content (AvgIpc) is 2.83. The highest BCUT2D eigenvalue weighted by molar-refractivity contribution is 6.31. The Hall–Kier alpha value is -1.78. The van der Waals surface area contributed by atoms with Crippen molar-refractivity contribution in [3.8, 4) is 0 Å². The molecule has 0 saturated carbocycles. The van der Waals surface area contributed by atoms with Gasteiger partial charge in [0.05, 0.1) is 12.6 Å². The molecular weight excluding hydrogens is 312 g/mol. The normalized spacial score (nSPS) is 18.0. The third-order valence-electron chi connectivity index (χ3n) is 3.39. The van der Waals surface area contributed by atoms with E-state index in [1.54, 1.807) is 23.1 Å². The molecule has 2 aromatic rings. The van der Waals surface area contributed by atoms with E-state index in [1.165, 1.54) is 12.1 Å². The lowest BCUT2D eigenvalue weighted by atomic mass is 10.0. The summed E-state index contributed by atoms with van der Waals surface area (Å²) >= 11 is 12.0. The van der Waals surface area contributed by atoms with Crippen molar-refractivity contribution in [2.24, 2.45) is 10.7 Å². The fourth-order valence-electron chi connectivity index (χ4n) is 2.44. The van der Waals surface area contributed by atoms with Crippen LogP contribution in [-0.2, 0) is 0 Å². The quantitative estimate of drug-likeness (QED) is 0.907. The highest BCUT2D eigenvalue weighted by Crippen LogP contribution is 2.34. The number of rotatable bonds is 2.